The van der Waals surface area contributed by atoms with E-state index in [1.165, 1.54) is 42.3 Å². The molecule has 0 aliphatic rings. The second-order valence-corrected chi connectivity index (χ2v) is 9.07. The zero-order valence-electron chi connectivity index (χ0n) is 18.5. The molecule has 174 valence electrons. The molecule has 0 radical (unpaired) electrons. The first-order valence-electron chi connectivity index (χ1n) is 10.0. The Labute approximate surface area is 188 Å². The number of likely N-dealkylation sites (N-methyl/N-ethyl adjacent to an activating group) is 1. The number of nitrogens with zero attached hydrogens (tertiary/aromatic N) is 2. The van der Waals surface area contributed by atoms with Crippen molar-refractivity contribution in [1.82, 2.24) is 10.2 Å². The number of para-hydroxylation sites is 2. The third-order valence-corrected chi connectivity index (χ3v) is 5.94. The number of ether oxygens (including phenoxy) is 1. The predicted octanol–water partition coefficient (Wildman–Crippen LogP) is 2.15. The number of halogens is 1. The second kappa shape index (κ2) is 10.9. The van der Waals surface area contributed by atoms with Crippen LogP contribution in [-0.4, -0.2) is 57.6 Å². The number of benzene rings is 2. The van der Waals surface area contributed by atoms with Gasteiger partial charge in [0.2, 0.25) is 21.8 Å². The highest BCUT2D eigenvalue weighted by Gasteiger charge is 2.30. The van der Waals surface area contributed by atoms with Crippen molar-refractivity contribution < 1.29 is 27.1 Å². The summed E-state index contributed by atoms with van der Waals surface area (Å²) in [6.45, 7) is 3.15. The molecule has 0 heterocycles. The van der Waals surface area contributed by atoms with Gasteiger partial charge in [0, 0.05) is 13.1 Å². The van der Waals surface area contributed by atoms with Gasteiger partial charge in [-0.1, -0.05) is 24.3 Å². The first-order chi connectivity index (χ1) is 15.1. The van der Waals surface area contributed by atoms with Crippen molar-refractivity contribution in [2.45, 2.75) is 26.4 Å². The molecule has 0 spiro atoms. The standard InChI is InChI=1S/C22H28FN3O5S/c1-5-24-22(28)16(2)25(14-17-10-12-18(23)13-11-17)21(27)15-26(32(4,29)30)19-8-6-7-9-20(19)31-3/h6-13,16H,5,14-15H2,1-4H3,(H,24,28). The largest absolute Gasteiger partial charge is 0.495 e. The smallest absolute Gasteiger partial charge is 0.244 e. The lowest BCUT2D eigenvalue weighted by molar-refractivity contribution is -0.139. The minimum atomic E-state index is -3.86. The number of rotatable bonds is 10. The van der Waals surface area contributed by atoms with Gasteiger partial charge in [-0.3, -0.25) is 13.9 Å². The van der Waals surface area contributed by atoms with Gasteiger partial charge < -0.3 is 15.0 Å². The Kier molecular flexibility index (Phi) is 8.59. The lowest BCUT2D eigenvalue weighted by Crippen LogP contribution is -2.51. The molecule has 10 heteroatoms. The van der Waals surface area contributed by atoms with Crippen LogP contribution in [0.2, 0.25) is 0 Å². The number of anilines is 1. The first-order valence-corrected chi connectivity index (χ1v) is 11.9. The molecule has 0 aliphatic carbocycles. The van der Waals surface area contributed by atoms with Crippen molar-refractivity contribution in [2.75, 3.05) is 30.8 Å². The minimum Gasteiger partial charge on any atom is -0.495 e. The van der Waals surface area contributed by atoms with E-state index in [0.717, 1.165) is 10.6 Å². The van der Waals surface area contributed by atoms with Gasteiger partial charge in [-0.25, -0.2) is 12.8 Å². The van der Waals surface area contributed by atoms with Crippen molar-refractivity contribution in [3.8, 4) is 5.75 Å². The number of hydrogen-bond acceptors (Lipinski definition) is 5. The van der Waals surface area contributed by atoms with Crippen molar-refractivity contribution in [2.24, 2.45) is 0 Å². The van der Waals surface area contributed by atoms with E-state index in [-0.39, 0.29) is 23.9 Å². The highest BCUT2D eigenvalue weighted by atomic mass is 32.2. The van der Waals surface area contributed by atoms with E-state index in [0.29, 0.717) is 12.1 Å². The molecule has 0 saturated carbocycles. The number of nitrogens with one attached hydrogen (secondary N) is 1. The number of sulfonamides is 1. The van der Waals surface area contributed by atoms with Crippen molar-refractivity contribution >= 4 is 27.5 Å². The second-order valence-electron chi connectivity index (χ2n) is 7.16. The monoisotopic (exact) mass is 465 g/mol. The van der Waals surface area contributed by atoms with Crippen molar-refractivity contribution in [3.63, 3.8) is 0 Å². The molecule has 2 rings (SSSR count). The molecule has 32 heavy (non-hydrogen) atoms. The molecule has 1 unspecified atom stereocenters. The fourth-order valence-electron chi connectivity index (χ4n) is 3.12. The summed E-state index contributed by atoms with van der Waals surface area (Å²) in [5.74, 6) is -1.12. The maximum atomic E-state index is 13.3. The Bertz CT molecular complexity index is 1040. The SMILES string of the molecule is CCNC(=O)C(C)N(Cc1ccc(F)cc1)C(=O)CN(c1ccccc1OC)S(C)(=O)=O. The summed E-state index contributed by atoms with van der Waals surface area (Å²) in [5.41, 5.74) is 0.803. The molecule has 0 bridgehead atoms. The fraction of sp³-hybridized carbons (Fsp3) is 0.364. The molecule has 0 aromatic heterocycles. The summed E-state index contributed by atoms with van der Waals surface area (Å²) in [7, 11) is -2.46. The van der Waals surface area contributed by atoms with Crippen LogP contribution < -0.4 is 14.4 Å². The average molecular weight is 466 g/mol. The molecule has 0 saturated heterocycles. The van der Waals surface area contributed by atoms with Crippen LogP contribution in [-0.2, 0) is 26.2 Å². The maximum absolute atomic E-state index is 13.3. The molecule has 2 aromatic carbocycles. The maximum Gasteiger partial charge on any atom is 0.244 e. The molecular weight excluding hydrogens is 437 g/mol. The van der Waals surface area contributed by atoms with Crippen LogP contribution in [0.4, 0.5) is 10.1 Å². The molecule has 2 amide bonds. The Morgan fingerprint density at radius 2 is 1.75 bits per heavy atom. The summed E-state index contributed by atoms with van der Waals surface area (Å²) in [5, 5.41) is 2.66. The van der Waals surface area contributed by atoms with Crippen LogP contribution in [0.1, 0.15) is 19.4 Å². The van der Waals surface area contributed by atoms with Gasteiger partial charge >= 0.3 is 0 Å². The van der Waals surface area contributed by atoms with E-state index in [9.17, 15) is 22.4 Å². The normalized spacial score (nSPS) is 12.0. The topological polar surface area (TPSA) is 96.0 Å². The van der Waals surface area contributed by atoms with E-state index in [4.69, 9.17) is 4.74 Å². The number of hydrogen-bond donors (Lipinski definition) is 1. The van der Waals surface area contributed by atoms with Crippen molar-refractivity contribution in [3.05, 3.63) is 59.9 Å². The van der Waals surface area contributed by atoms with Crippen LogP contribution in [0, 0.1) is 5.82 Å². The summed E-state index contributed by atoms with van der Waals surface area (Å²) in [4.78, 5) is 27.1. The van der Waals surface area contributed by atoms with Gasteiger partial charge in [-0.15, -0.1) is 0 Å². The van der Waals surface area contributed by atoms with Gasteiger partial charge in [0.05, 0.1) is 19.1 Å². The van der Waals surface area contributed by atoms with Gasteiger partial charge in [0.15, 0.2) is 0 Å². The van der Waals surface area contributed by atoms with Gasteiger partial charge in [-0.05, 0) is 43.7 Å². The first kappa shape index (κ1) is 25.1. The van der Waals surface area contributed by atoms with Crippen LogP contribution in [0.25, 0.3) is 0 Å². The zero-order chi connectivity index (χ0) is 23.9. The molecule has 1 atom stereocenters. The van der Waals surface area contributed by atoms with E-state index in [2.05, 4.69) is 5.32 Å². The fourth-order valence-corrected chi connectivity index (χ4v) is 3.97. The highest BCUT2D eigenvalue weighted by molar-refractivity contribution is 7.92. The number of methoxy groups -OCH3 is 1. The summed E-state index contributed by atoms with van der Waals surface area (Å²) >= 11 is 0. The van der Waals surface area contributed by atoms with Crippen LogP contribution in [0.3, 0.4) is 0 Å². The van der Waals surface area contributed by atoms with E-state index < -0.39 is 34.3 Å². The van der Waals surface area contributed by atoms with Gasteiger partial charge in [-0.2, -0.15) is 0 Å². The highest BCUT2D eigenvalue weighted by Crippen LogP contribution is 2.29. The molecule has 0 aliphatic heterocycles. The van der Waals surface area contributed by atoms with E-state index in [1.807, 2.05) is 0 Å². The van der Waals surface area contributed by atoms with Crippen LogP contribution in [0.5, 0.6) is 5.75 Å². The minimum absolute atomic E-state index is 0.000933. The lowest BCUT2D eigenvalue weighted by atomic mass is 10.1. The van der Waals surface area contributed by atoms with E-state index in [1.54, 1.807) is 32.0 Å². The number of amides is 2. The molecule has 2 aromatic rings. The molecule has 1 N–H and O–H groups in total. The van der Waals surface area contributed by atoms with Crippen LogP contribution >= 0.6 is 0 Å². The van der Waals surface area contributed by atoms with Gasteiger partial charge in [0.25, 0.3) is 0 Å². The third kappa shape index (κ3) is 6.43. The summed E-state index contributed by atoms with van der Waals surface area (Å²) < 4.78 is 44.6. The van der Waals surface area contributed by atoms with Gasteiger partial charge in [0.1, 0.15) is 24.2 Å². The quantitative estimate of drug-likeness (QED) is 0.580. The molecule has 0 fully saturated rings. The Hall–Kier alpha value is -3.14. The Morgan fingerprint density at radius 1 is 1.12 bits per heavy atom. The number of carbonyl (C=O) groups is 2. The Balaban J connectivity index is 2.41. The van der Waals surface area contributed by atoms with Crippen LogP contribution in [0.15, 0.2) is 48.5 Å². The molecular formula is C22H28FN3O5S. The Morgan fingerprint density at radius 3 is 2.31 bits per heavy atom. The number of carbonyl (C=O) groups excluding carboxylic acids is 2. The van der Waals surface area contributed by atoms with Crippen molar-refractivity contribution in [1.29, 1.82) is 0 Å². The third-order valence-electron chi connectivity index (χ3n) is 4.82. The lowest BCUT2D eigenvalue weighted by Gasteiger charge is -2.31. The zero-order valence-corrected chi connectivity index (χ0v) is 19.4. The molecule has 8 nitrogen and oxygen atoms in total. The predicted molar refractivity (Wildman–Crippen MR) is 120 cm³/mol. The summed E-state index contributed by atoms with van der Waals surface area (Å²) in [6, 6.07) is 11.1. The average Bonchev–Trinajstić information content (AvgIpc) is 2.75. The summed E-state index contributed by atoms with van der Waals surface area (Å²) in [6.07, 6.45) is 0.990. The van der Waals surface area contributed by atoms with E-state index >= 15 is 0 Å².